The van der Waals surface area contributed by atoms with Crippen LogP contribution in [0.4, 0.5) is 5.69 Å². The largest absolute Gasteiger partial charge is 0.481 e. The monoisotopic (exact) mass is 286 g/mol. The number of rotatable bonds is 6. The zero-order valence-electron chi connectivity index (χ0n) is 12.1. The number of carbonyl (C=O) groups excluding carboxylic acids is 1. The highest BCUT2D eigenvalue weighted by atomic mass is 16.5. The van der Waals surface area contributed by atoms with Crippen LogP contribution in [0.3, 0.4) is 0 Å². The molecule has 0 saturated carbocycles. The van der Waals surface area contributed by atoms with Gasteiger partial charge in [0.05, 0.1) is 25.6 Å². The van der Waals surface area contributed by atoms with Crippen LogP contribution >= 0.6 is 0 Å². The van der Waals surface area contributed by atoms with E-state index >= 15 is 0 Å². The summed E-state index contributed by atoms with van der Waals surface area (Å²) in [5, 5.41) is 2.75. The van der Waals surface area contributed by atoms with Crippen molar-refractivity contribution in [2.75, 3.05) is 12.4 Å². The molecular weight excluding hydrogens is 268 g/mol. The molecule has 0 radical (unpaired) electrons. The summed E-state index contributed by atoms with van der Waals surface area (Å²) in [6.45, 7) is 2.12. The van der Waals surface area contributed by atoms with Gasteiger partial charge in [-0.15, -0.1) is 0 Å². The molecule has 0 unspecified atom stereocenters. The number of benzene rings is 1. The molecule has 0 saturated heterocycles. The highest BCUT2D eigenvalue weighted by Gasteiger charge is 2.13. The van der Waals surface area contributed by atoms with Crippen molar-refractivity contribution in [1.82, 2.24) is 4.98 Å². The number of nitrogens with zero attached hydrogens (tertiary/aromatic N) is 1. The van der Waals surface area contributed by atoms with E-state index in [1.54, 1.807) is 32.4 Å². The van der Waals surface area contributed by atoms with Crippen LogP contribution in [0.2, 0.25) is 0 Å². The molecule has 1 heterocycles. The Labute approximate surface area is 123 Å². The van der Waals surface area contributed by atoms with Crippen LogP contribution in [0.25, 0.3) is 0 Å². The Morgan fingerprint density at radius 2 is 2.00 bits per heavy atom. The van der Waals surface area contributed by atoms with E-state index in [4.69, 9.17) is 9.47 Å². The third-order valence-electron chi connectivity index (χ3n) is 2.93. The maximum Gasteiger partial charge on any atom is 0.253 e. The molecule has 2 aromatic rings. The number of carbonyl (C=O) groups is 1. The highest BCUT2D eigenvalue weighted by molar-refractivity contribution is 5.93. The second kappa shape index (κ2) is 7.40. The third-order valence-corrected chi connectivity index (χ3v) is 2.93. The van der Waals surface area contributed by atoms with E-state index in [0.717, 1.165) is 5.56 Å². The zero-order valence-corrected chi connectivity index (χ0v) is 12.1. The maximum atomic E-state index is 12.0. The number of aromatic nitrogens is 1. The van der Waals surface area contributed by atoms with Crippen molar-refractivity contribution < 1.29 is 14.3 Å². The minimum atomic E-state index is -0.549. The van der Waals surface area contributed by atoms with E-state index in [-0.39, 0.29) is 5.91 Å². The van der Waals surface area contributed by atoms with Gasteiger partial charge in [-0.1, -0.05) is 30.3 Å². The van der Waals surface area contributed by atoms with Gasteiger partial charge in [0.2, 0.25) is 5.88 Å². The zero-order chi connectivity index (χ0) is 15.1. The van der Waals surface area contributed by atoms with Crippen molar-refractivity contribution in [3.63, 3.8) is 0 Å². The fourth-order valence-corrected chi connectivity index (χ4v) is 1.69. The Hall–Kier alpha value is -2.40. The molecule has 2 rings (SSSR count). The molecule has 110 valence electrons. The first-order valence-corrected chi connectivity index (χ1v) is 6.65. The number of hydrogen-bond donors (Lipinski definition) is 1. The van der Waals surface area contributed by atoms with Crippen molar-refractivity contribution in [1.29, 1.82) is 0 Å². The number of nitrogens with one attached hydrogen (secondary N) is 1. The van der Waals surface area contributed by atoms with E-state index < -0.39 is 6.10 Å². The molecule has 1 aromatic heterocycles. The molecule has 21 heavy (non-hydrogen) atoms. The van der Waals surface area contributed by atoms with E-state index in [1.807, 2.05) is 30.3 Å². The molecule has 5 nitrogen and oxygen atoms in total. The molecular formula is C16H18N2O3. The first kappa shape index (κ1) is 15.0. The molecule has 0 aliphatic carbocycles. The fraction of sp³-hybridized carbons (Fsp3) is 0.250. The van der Waals surface area contributed by atoms with Crippen molar-refractivity contribution in [3.8, 4) is 5.88 Å². The number of amides is 1. The molecule has 1 aromatic carbocycles. The van der Waals surface area contributed by atoms with Crippen molar-refractivity contribution >= 4 is 11.6 Å². The SMILES string of the molecule is COc1ccc(NC(=O)[C@H](C)OCc2ccccc2)cn1. The Bertz CT molecular complexity index is 570. The standard InChI is InChI=1S/C16H18N2O3/c1-12(21-11-13-6-4-3-5-7-13)16(19)18-14-8-9-15(20-2)17-10-14/h3-10,12H,11H2,1-2H3,(H,18,19)/t12-/m0/s1. The van der Waals surface area contributed by atoms with E-state index in [9.17, 15) is 4.79 Å². The first-order chi connectivity index (χ1) is 10.2. The lowest BCUT2D eigenvalue weighted by Crippen LogP contribution is -2.27. The summed E-state index contributed by atoms with van der Waals surface area (Å²) < 4.78 is 10.5. The smallest absolute Gasteiger partial charge is 0.253 e. The molecule has 0 aliphatic heterocycles. The van der Waals surface area contributed by atoms with Gasteiger partial charge in [0.15, 0.2) is 0 Å². The summed E-state index contributed by atoms with van der Waals surface area (Å²) in [6, 6.07) is 13.1. The van der Waals surface area contributed by atoms with Gasteiger partial charge in [0.1, 0.15) is 6.10 Å². The Kier molecular flexibility index (Phi) is 5.29. The molecule has 1 atom stereocenters. The average Bonchev–Trinajstić information content (AvgIpc) is 2.54. The number of hydrogen-bond acceptors (Lipinski definition) is 4. The number of ether oxygens (including phenoxy) is 2. The van der Waals surface area contributed by atoms with Crippen LogP contribution in [0, 0.1) is 0 Å². The summed E-state index contributed by atoms with van der Waals surface area (Å²) >= 11 is 0. The molecule has 0 spiro atoms. The minimum absolute atomic E-state index is 0.210. The second-order valence-corrected chi connectivity index (χ2v) is 4.52. The predicted octanol–water partition coefficient (Wildman–Crippen LogP) is 2.63. The Morgan fingerprint density at radius 3 is 2.62 bits per heavy atom. The Morgan fingerprint density at radius 1 is 1.24 bits per heavy atom. The van der Waals surface area contributed by atoms with Gasteiger partial charge in [0.25, 0.3) is 5.91 Å². The summed E-state index contributed by atoms with van der Waals surface area (Å²) in [6.07, 6.45) is 0.994. The maximum absolute atomic E-state index is 12.0. The van der Waals surface area contributed by atoms with Gasteiger partial charge in [-0.2, -0.15) is 0 Å². The summed E-state index contributed by atoms with van der Waals surface area (Å²) in [5.74, 6) is 0.291. The van der Waals surface area contributed by atoms with E-state index in [2.05, 4.69) is 10.3 Å². The number of methoxy groups -OCH3 is 1. The van der Waals surface area contributed by atoms with Crippen LogP contribution in [-0.4, -0.2) is 24.1 Å². The van der Waals surface area contributed by atoms with Crippen LogP contribution < -0.4 is 10.1 Å². The van der Waals surface area contributed by atoms with Crippen LogP contribution in [-0.2, 0) is 16.1 Å². The third kappa shape index (κ3) is 4.57. The number of pyridine rings is 1. The molecule has 1 amide bonds. The average molecular weight is 286 g/mol. The molecule has 5 heteroatoms. The van der Waals surface area contributed by atoms with Gasteiger partial charge in [-0.3, -0.25) is 4.79 Å². The molecule has 0 bridgehead atoms. The lowest BCUT2D eigenvalue weighted by molar-refractivity contribution is -0.127. The second-order valence-electron chi connectivity index (χ2n) is 4.52. The van der Waals surface area contributed by atoms with E-state index in [0.29, 0.717) is 18.2 Å². The van der Waals surface area contributed by atoms with Crippen molar-refractivity contribution in [2.45, 2.75) is 19.6 Å². The predicted molar refractivity (Wildman–Crippen MR) is 80.1 cm³/mol. The van der Waals surface area contributed by atoms with Gasteiger partial charge < -0.3 is 14.8 Å². The quantitative estimate of drug-likeness (QED) is 0.886. The lowest BCUT2D eigenvalue weighted by Gasteiger charge is -2.13. The van der Waals surface area contributed by atoms with Gasteiger partial charge in [-0.05, 0) is 18.6 Å². The molecule has 0 aliphatic rings. The van der Waals surface area contributed by atoms with E-state index in [1.165, 1.54) is 0 Å². The van der Waals surface area contributed by atoms with Crippen molar-refractivity contribution in [3.05, 3.63) is 54.2 Å². The van der Waals surface area contributed by atoms with Gasteiger partial charge in [0, 0.05) is 6.07 Å². The van der Waals surface area contributed by atoms with Crippen molar-refractivity contribution in [2.24, 2.45) is 0 Å². The fourth-order valence-electron chi connectivity index (χ4n) is 1.69. The first-order valence-electron chi connectivity index (χ1n) is 6.65. The van der Waals surface area contributed by atoms with Crippen LogP contribution in [0.5, 0.6) is 5.88 Å². The van der Waals surface area contributed by atoms with Gasteiger partial charge >= 0.3 is 0 Å². The summed E-state index contributed by atoms with van der Waals surface area (Å²) in [7, 11) is 1.54. The summed E-state index contributed by atoms with van der Waals surface area (Å²) in [5.41, 5.74) is 1.64. The van der Waals surface area contributed by atoms with Crippen LogP contribution in [0.15, 0.2) is 48.7 Å². The molecule has 1 N–H and O–H groups in total. The van der Waals surface area contributed by atoms with Gasteiger partial charge in [-0.25, -0.2) is 4.98 Å². The lowest BCUT2D eigenvalue weighted by atomic mass is 10.2. The summed E-state index contributed by atoms with van der Waals surface area (Å²) in [4.78, 5) is 16.0. The molecule has 0 fully saturated rings. The Balaban J connectivity index is 1.84. The topological polar surface area (TPSA) is 60.5 Å². The minimum Gasteiger partial charge on any atom is -0.481 e. The normalized spacial score (nSPS) is 11.7. The highest BCUT2D eigenvalue weighted by Crippen LogP contribution is 2.12. The van der Waals surface area contributed by atoms with Crippen LogP contribution in [0.1, 0.15) is 12.5 Å². The number of anilines is 1.